The van der Waals surface area contributed by atoms with Crippen molar-refractivity contribution in [1.29, 1.82) is 0 Å². The molecule has 0 unspecified atom stereocenters. The molecule has 0 saturated heterocycles. The molecule has 0 aromatic carbocycles. The van der Waals surface area contributed by atoms with Crippen LogP contribution in [0.1, 0.15) is 0 Å². The zero-order valence-corrected chi connectivity index (χ0v) is 6.49. The molecule has 0 aliphatic carbocycles. The van der Waals surface area contributed by atoms with Gasteiger partial charge >= 0.3 is 7.25 Å². The number of hydrogen-bond acceptors (Lipinski definition) is 1. The van der Waals surface area contributed by atoms with Gasteiger partial charge in [0.15, 0.2) is 6.20 Å². The first kappa shape index (κ1) is 10.4. The lowest BCUT2D eigenvalue weighted by molar-refractivity contribution is -0.666. The molecule has 0 amide bonds. The zero-order chi connectivity index (χ0) is 8.91. The molecule has 11 heavy (non-hydrogen) atoms. The second-order valence-electron chi connectivity index (χ2n) is 1.69. The van der Waals surface area contributed by atoms with E-state index in [1.54, 1.807) is 11.3 Å². The normalized spacial score (nSPS) is 10.3. The van der Waals surface area contributed by atoms with E-state index in [4.69, 9.17) is 0 Å². The fraction of sp³-hybridized carbons (Fsp3) is 0.250. The van der Waals surface area contributed by atoms with Crippen LogP contribution in [0.15, 0.2) is 17.1 Å². The first-order chi connectivity index (χ1) is 4.89. The molecule has 1 aromatic heterocycles. The second kappa shape index (κ2) is 4.33. The van der Waals surface area contributed by atoms with E-state index < -0.39 is 7.25 Å². The number of thiazole rings is 1. The van der Waals surface area contributed by atoms with Gasteiger partial charge in [-0.25, -0.2) is 0 Å². The highest BCUT2D eigenvalue weighted by Gasteiger charge is 2.20. The highest BCUT2D eigenvalue weighted by molar-refractivity contribution is 7.07. The minimum atomic E-state index is -6.00. The third-order valence-corrected chi connectivity index (χ3v) is 1.33. The summed E-state index contributed by atoms with van der Waals surface area (Å²) in [5, 5.41) is 2.04. The smallest absolute Gasteiger partial charge is 0.418 e. The minimum absolute atomic E-state index is 1.70. The Morgan fingerprint density at radius 3 is 1.82 bits per heavy atom. The van der Waals surface area contributed by atoms with Crippen molar-refractivity contribution in [1.82, 2.24) is 0 Å². The fourth-order valence-corrected chi connectivity index (χ4v) is 0.892. The molecule has 64 valence electrons. The maximum atomic E-state index is 9.75. The topological polar surface area (TPSA) is 3.88 Å². The molecule has 0 N–H and O–H groups in total. The van der Waals surface area contributed by atoms with Crippen molar-refractivity contribution in [3.05, 3.63) is 17.1 Å². The van der Waals surface area contributed by atoms with Gasteiger partial charge in [-0.05, 0) is 0 Å². The largest absolute Gasteiger partial charge is 0.673 e. The summed E-state index contributed by atoms with van der Waals surface area (Å²) in [5.74, 6) is 0. The molecule has 0 aliphatic heterocycles. The number of rotatable bonds is 0. The van der Waals surface area contributed by atoms with Gasteiger partial charge in [-0.1, -0.05) is 11.3 Å². The summed E-state index contributed by atoms with van der Waals surface area (Å²) in [7, 11) is -3.99. The van der Waals surface area contributed by atoms with Crippen LogP contribution >= 0.6 is 11.3 Å². The summed E-state index contributed by atoms with van der Waals surface area (Å²) in [6.07, 6.45) is 2.02. The van der Waals surface area contributed by atoms with Gasteiger partial charge in [-0.15, -0.1) is 0 Å². The predicted octanol–water partition coefficient (Wildman–Crippen LogP) is 1.87. The van der Waals surface area contributed by atoms with Gasteiger partial charge in [0.1, 0.15) is 7.05 Å². The SMILES string of the molecule is C[n+]1ccsc1.F[B-](F)(F)F. The molecule has 0 fully saturated rings. The van der Waals surface area contributed by atoms with E-state index >= 15 is 0 Å². The number of hydrogen-bond donors (Lipinski definition) is 0. The van der Waals surface area contributed by atoms with Crippen molar-refractivity contribution in [2.24, 2.45) is 7.05 Å². The monoisotopic (exact) mass is 187 g/mol. The molecule has 0 atom stereocenters. The number of nitrogens with zero attached hydrogens (tertiary/aromatic N) is 1. The van der Waals surface area contributed by atoms with Crippen LogP contribution in [-0.2, 0) is 7.05 Å². The van der Waals surface area contributed by atoms with Crippen molar-refractivity contribution in [3.63, 3.8) is 0 Å². The minimum Gasteiger partial charge on any atom is -0.418 e. The van der Waals surface area contributed by atoms with Crippen molar-refractivity contribution in [2.75, 3.05) is 0 Å². The summed E-state index contributed by atoms with van der Waals surface area (Å²) in [6, 6.07) is 0. The molecular weight excluding hydrogens is 181 g/mol. The van der Waals surface area contributed by atoms with Gasteiger partial charge in [0.05, 0.1) is 5.38 Å². The van der Waals surface area contributed by atoms with Gasteiger partial charge < -0.3 is 17.3 Å². The predicted molar refractivity (Wildman–Crippen MR) is 35.7 cm³/mol. The first-order valence-corrected chi connectivity index (χ1v) is 3.58. The van der Waals surface area contributed by atoms with Gasteiger partial charge in [-0.3, -0.25) is 0 Å². The Labute approximate surface area is 65.4 Å². The molecule has 0 saturated carbocycles. The van der Waals surface area contributed by atoms with Crippen LogP contribution in [-0.4, -0.2) is 7.25 Å². The summed E-state index contributed by atoms with van der Waals surface area (Å²) in [5.41, 5.74) is 2.04. The second-order valence-corrected chi connectivity index (χ2v) is 2.44. The van der Waals surface area contributed by atoms with Crippen LogP contribution in [0.3, 0.4) is 0 Å². The zero-order valence-electron chi connectivity index (χ0n) is 5.68. The average Bonchev–Trinajstić information content (AvgIpc) is 2.12. The lowest BCUT2D eigenvalue weighted by Gasteiger charge is -1.94. The third-order valence-electron chi connectivity index (χ3n) is 0.602. The highest BCUT2D eigenvalue weighted by atomic mass is 32.1. The number of aromatic nitrogens is 1. The molecule has 1 rings (SSSR count). The van der Waals surface area contributed by atoms with Crippen molar-refractivity contribution < 1.29 is 21.8 Å². The van der Waals surface area contributed by atoms with Crippen molar-refractivity contribution in [3.8, 4) is 0 Å². The third kappa shape index (κ3) is 12.6. The molecule has 7 heteroatoms. The first-order valence-electron chi connectivity index (χ1n) is 2.64. The van der Waals surface area contributed by atoms with Crippen LogP contribution in [0.25, 0.3) is 0 Å². The van der Waals surface area contributed by atoms with E-state index in [0.29, 0.717) is 0 Å². The summed E-state index contributed by atoms with van der Waals surface area (Å²) in [4.78, 5) is 0. The number of aryl methyl sites for hydroxylation is 1. The molecule has 0 spiro atoms. The Balaban J connectivity index is 0.000000187. The lowest BCUT2D eigenvalue weighted by Crippen LogP contribution is -2.21. The molecule has 1 aromatic rings. The van der Waals surface area contributed by atoms with Crippen LogP contribution in [0.4, 0.5) is 17.3 Å². The van der Waals surface area contributed by atoms with Crippen LogP contribution < -0.4 is 4.57 Å². The fourth-order valence-electron chi connectivity index (χ4n) is 0.297. The maximum absolute atomic E-state index is 9.75. The van der Waals surface area contributed by atoms with E-state index in [0.717, 1.165) is 0 Å². The molecule has 1 nitrogen and oxygen atoms in total. The highest BCUT2D eigenvalue weighted by Crippen LogP contribution is 2.06. The van der Waals surface area contributed by atoms with E-state index in [9.17, 15) is 17.3 Å². The Hall–Kier alpha value is -0.585. The Morgan fingerprint density at radius 2 is 1.73 bits per heavy atom. The van der Waals surface area contributed by atoms with Gasteiger partial charge in [-0.2, -0.15) is 4.57 Å². The molecule has 0 bridgehead atoms. The van der Waals surface area contributed by atoms with Crippen molar-refractivity contribution in [2.45, 2.75) is 0 Å². The summed E-state index contributed by atoms with van der Waals surface area (Å²) in [6.45, 7) is 0. The maximum Gasteiger partial charge on any atom is 0.673 e. The van der Waals surface area contributed by atoms with Crippen LogP contribution in [0.2, 0.25) is 0 Å². The van der Waals surface area contributed by atoms with E-state index in [1.165, 1.54) is 0 Å². The Bertz CT molecular complexity index is 178. The van der Waals surface area contributed by atoms with E-state index in [1.807, 2.05) is 28.7 Å². The van der Waals surface area contributed by atoms with Crippen LogP contribution in [0, 0.1) is 0 Å². The molecular formula is C4H6BF4NS. The molecule has 0 aliphatic rings. The summed E-state index contributed by atoms with van der Waals surface area (Å²) >= 11 is 1.70. The van der Waals surface area contributed by atoms with Crippen molar-refractivity contribution >= 4 is 18.6 Å². The van der Waals surface area contributed by atoms with E-state index in [-0.39, 0.29) is 0 Å². The lowest BCUT2D eigenvalue weighted by atomic mass is 10.3. The molecule has 0 radical (unpaired) electrons. The van der Waals surface area contributed by atoms with Gasteiger partial charge in [0, 0.05) is 0 Å². The standard InChI is InChI=1S/C4H6NS.BF4/c1-5-2-3-6-4-5;2-1(3,4)5/h2-4H,1H3;/q+1;-1. The molecule has 1 heterocycles. The Morgan fingerprint density at radius 1 is 1.27 bits per heavy atom. The van der Waals surface area contributed by atoms with E-state index in [2.05, 4.69) is 0 Å². The number of halogens is 4. The quantitative estimate of drug-likeness (QED) is 0.331. The Kier molecular flexibility index (Phi) is 4.10. The van der Waals surface area contributed by atoms with Gasteiger partial charge in [0.25, 0.3) is 0 Å². The van der Waals surface area contributed by atoms with Crippen LogP contribution in [0.5, 0.6) is 0 Å². The summed E-state index contributed by atoms with van der Waals surface area (Å²) < 4.78 is 41.0. The van der Waals surface area contributed by atoms with Gasteiger partial charge in [0.2, 0.25) is 5.51 Å². The average molecular weight is 187 g/mol.